The first-order valence-corrected chi connectivity index (χ1v) is 5.41. The van der Waals surface area contributed by atoms with Gasteiger partial charge < -0.3 is 4.74 Å². The fraction of sp³-hybridized carbons (Fsp3) is 0.417. The highest BCUT2D eigenvalue weighted by molar-refractivity contribution is 6.33. The first-order chi connectivity index (χ1) is 7.06. The van der Waals surface area contributed by atoms with Gasteiger partial charge in [-0.15, -0.1) is 11.6 Å². The van der Waals surface area contributed by atoms with E-state index in [-0.39, 0.29) is 5.78 Å². The van der Waals surface area contributed by atoms with Crippen molar-refractivity contribution in [3.8, 4) is 5.75 Å². The van der Waals surface area contributed by atoms with Crippen molar-refractivity contribution >= 4 is 17.4 Å². The molecule has 0 spiro atoms. The molecule has 0 fully saturated rings. The number of ether oxygens (including phenoxy) is 1. The number of aryl methyl sites for hydroxylation is 1. The summed E-state index contributed by atoms with van der Waals surface area (Å²) in [5, 5.41) is -0.522. The molecule has 2 nitrogen and oxygen atoms in total. The van der Waals surface area contributed by atoms with Gasteiger partial charge in [0.2, 0.25) is 0 Å². The summed E-state index contributed by atoms with van der Waals surface area (Å²) in [4.78, 5) is 11.8. The van der Waals surface area contributed by atoms with Gasteiger partial charge in [-0.3, -0.25) is 4.79 Å². The summed E-state index contributed by atoms with van der Waals surface area (Å²) < 4.78 is 5.38. The second-order valence-corrected chi connectivity index (χ2v) is 4.07. The molecular formula is C12H15ClO2. The van der Waals surface area contributed by atoms with E-state index in [9.17, 15) is 4.79 Å². The Morgan fingerprint density at radius 2 is 2.20 bits per heavy atom. The number of carbonyl (C=O) groups is 1. The molecule has 1 atom stereocenters. The minimum Gasteiger partial charge on any atom is -0.493 e. The zero-order chi connectivity index (χ0) is 11.4. The summed E-state index contributed by atoms with van der Waals surface area (Å²) >= 11 is 5.78. The fourth-order valence-corrected chi connectivity index (χ4v) is 1.45. The minimum absolute atomic E-state index is 0.0937. The van der Waals surface area contributed by atoms with Crippen molar-refractivity contribution in [3.05, 3.63) is 29.3 Å². The predicted octanol–water partition coefficient (Wildman–Crippen LogP) is 3.20. The van der Waals surface area contributed by atoms with Crippen molar-refractivity contribution in [1.82, 2.24) is 0 Å². The molecule has 3 heteroatoms. The molecule has 0 bridgehead atoms. The molecule has 0 amide bonds. The predicted molar refractivity (Wildman–Crippen MR) is 62.0 cm³/mol. The van der Waals surface area contributed by atoms with Crippen LogP contribution in [0.2, 0.25) is 0 Å². The Hall–Kier alpha value is -1.02. The van der Waals surface area contributed by atoms with Crippen LogP contribution in [-0.2, 0) is 0 Å². The number of halogens is 1. The lowest BCUT2D eigenvalue weighted by molar-refractivity contribution is 0.0988. The maximum atomic E-state index is 11.8. The molecule has 0 aliphatic heterocycles. The molecule has 0 saturated heterocycles. The Balaban J connectivity index is 3.12. The van der Waals surface area contributed by atoms with E-state index in [0.717, 1.165) is 5.56 Å². The number of hydrogen-bond acceptors (Lipinski definition) is 2. The van der Waals surface area contributed by atoms with Crippen LogP contribution in [0.4, 0.5) is 0 Å². The molecule has 15 heavy (non-hydrogen) atoms. The van der Waals surface area contributed by atoms with Crippen LogP contribution in [0.15, 0.2) is 18.2 Å². The van der Waals surface area contributed by atoms with Gasteiger partial charge >= 0.3 is 0 Å². The first kappa shape index (κ1) is 12.1. The number of hydrogen-bond donors (Lipinski definition) is 0. The maximum Gasteiger partial charge on any atom is 0.184 e. The topological polar surface area (TPSA) is 26.3 Å². The molecular weight excluding hydrogens is 212 g/mol. The van der Waals surface area contributed by atoms with Crippen molar-refractivity contribution in [2.45, 2.75) is 26.1 Å². The van der Waals surface area contributed by atoms with Crippen LogP contribution < -0.4 is 4.74 Å². The summed E-state index contributed by atoms with van der Waals surface area (Å²) in [6, 6.07) is 5.54. The molecule has 0 aromatic heterocycles. The van der Waals surface area contributed by atoms with E-state index >= 15 is 0 Å². The Kier molecular flexibility index (Phi) is 4.15. The largest absolute Gasteiger partial charge is 0.493 e. The number of rotatable bonds is 4. The Labute approximate surface area is 95.2 Å². The smallest absolute Gasteiger partial charge is 0.184 e. The third kappa shape index (κ3) is 2.96. The number of benzene rings is 1. The van der Waals surface area contributed by atoms with Crippen LogP contribution >= 0.6 is 11.6 Å². The molecule has 0 saturated carbocycles. The monoisotopic (exact) mass is 226 g/mol. The standard InChI is InChI=1S/C12H15ClO2/c1-4-15-11-6-5-8(2)7-10(11)12(14)9(3)13/h5-7,9H,4H2,1-3H3. The van der Waals surface area contributed by atoms with Crippen molar-refractivity contribution < 1.29 is 9.53 Å². The maximum absolute atomic E-state index is 11.8. The molecule has 1 aromatic carbocycles. The van der Waals surface area contributed by atoms with Crippen molar-refractivity contribution in [3.63, 3.8) is 0 Å². The van der Waals surface area contributed by atoms with Crippen molar-refractivity contribution in [2.24, 2.45) is 0 Å². The lowest BCUT2D eigenvalue weighted by atomic mass is 10.0. The van der Waals surface area contributed by atoms with Crippen LogP contribution in [0.25, 0.3) is 0 Å². The second-order valence-electron chi connectivity index (χ2n) is 3.41. The zero-order valence-corrected chi connectivity index (χ0v) is 9.97. The van der Waals surface area contributed by atoms with Gasteiger partial charge in [-0.25, -0.2) is 0 Å². The summed E-state index contributed by atoms with van der Waals surface area (Å²) in [7, 11) is 0. The second kappa shape index (κ2) is 5.17. The van der Waals surface area contributed by atoms with E-state index < -0.39 is 5.38 Å². The summed E-state index contributed by atoms with van der Waals surface area (Å²) in [5.41, 5.74) is 1.60. The molecule has 0 aliphatic rings. The third-order valence-electron chi connectivity index (χ3n) is 2.06. The third-order valence-corrected chi connectivity index (χ3v) is 2.26. The van der Waals surface area contributed by atoms with E-state index in [0.29, 0.717) is 17.9 Å². The molecule has 0 aliphatic carbocycles. The molecule has 1 rings (SSSR count). The Morgan fingerprint density at radius 3 is 2.73 bits per heavy atom. The molecule has 0 heterocycles. The van der Waals surface area contributed by atoms with Crippen LogP contribution in [0.3, 0.4) is 0 Å². The van der Waals surface area contributed by atoms with Gasteiger partial charge in [0, 0.05) is 0 Å². The summed E-state index contributed by atoms with van der Waals surface area (Å²) in [6.07, 6.45) is 0. The molecule has 82 valence electrons. The number of Topliss-reactive ketones (excluding diaryl/α,β-unsaturated/α-hetero) is 1. The molecule has 0 N–H and O–H groups in total. The lowest BCUT2D eigenvalue weighted by Crippen LogP contribution is -2.12. The van der Waals surface area contributed by atoms with Crippen LogP contribution in [-0.4, -0.2) is 17.8 Å². The quantitative estimate of drug-likeness (QED) is 0.582. The van der Waals surface area contributed by atoms with E-state index in [4.69, 9.17) is 16.3 Å². The van der Waals surface area contributed by atoms with Crippen LogP contribution in [0.5, 0.6) is 5.75 Å². The average Bonchev–Trinajstić information content (AvgIpc) is 2.20. The van der Waals surface area contributed by atoms with Gasteiger partial charge in [0.15, 0.2) is 5.78 Å². The number of carbonyl (C=O) groups excluding carboxylic acids is 1. The average molecular weight is 227 g/mol. The van der Waals surface area contributed by atoms with E-state index in [2.05, 4.69) is 0 Å². The zero-order valence-electron chi connectivity index (χ0n) is 9.21. The van der Waals surface area contributed by atoms with Crippen molar-refractivity contribution in [2.75, 3.05) is 6.61 Å². The van der Waals surface area contributed by atoms with Gasteiger partial charge in [0.1, 0.15) is 5.75 Å². The summed E-state index contributed by atoms with van der Waals surface area (Å²) in [6.45, 7) is 6.03. The van der Waals surface area contributed by atoms with Gasteiger partial charge in [-0.2, -0.15) is 0 Å². The number of ketones is 1. The highest BCUT2D eigenvalue weighted by atomic mass is 35.5. The summed E-state index contributed by atoms with van der Waals surface area (Å²) in [5.74, 6) is 0.518. The highest BCUT2D eigenvalue weighted by Crippen LogP contribution is 2.22. The lowest BCUT2D eigenvalue weighted by Gasteiger charge is -2.11. The molecule has 1 unspecified atom stereocenters. The fourth-order valence-electron chi connectivity index (χ4n) is 1.33. The van der Waals surface area contributed by atoms with E-state index in [1.54, 1.807) is 6.92 Å². The minimum atomic E-state index is -0.522. The van der Waals surface area contributed by atoms with Gasteiger partial charge in [0.05, 0.1) is 17.5 Å². The normalized spacial score (nSPS) is 12.3. The van der Waals surface area contributed by atoms with Gasteiger partial charge in [0.25, 0.3) is 0 Å². The first-order valence-electron chi connectivity index (χ1n) is 4.98. The van der Waals surface area contributed by atoms with Crippen molar-refractivity contribution in [1.29, 1.82) is 0 Å². The molecule has 0 radical (unpaired) electrons. The van der Waals surface area contributed by atoms with Gasteiger partial charge in [-0.05, 0) is 32.9 Å². The van der Waals surface area contributed by atoms with Crippen LogP contribution in [0.1, 0.15) is 29.8 Å². The Morgan fingerprint density at radius 1 is 1.53 bits per heavy atom. The molecule has 1 aromatic rings. The highest BCUT2D eigenvalue weighted by Gasteiger charge is 2.17. The number of alkyl halides is 1. The Bertz CT molecular complexity index is 359. The van der Waals surface area contributed by atoms with Crippen LogP contribution in [0, 0.1) is 6.92 Å². The van der Waals surface area contributed by atoms with E-state index in [1.165, 1.54) is 0 Å². The van der Waals surface area contributed by atoms with E-state index in [1.807, 2.05) is 32.0 Å². The van der Waals surface area contributed by atoms with Gasteiger partial charge in [-0.1, -0.05) is 11.6 Å². The SMILES string of the molecule is CCOc1ccc(C)cc1C(=O)C(C)Cl.